The van der Waals surface area contributed by atoms with Crippen molar-refractivity contribution in [3.63, 3.8) is 0 Å². The summed E-state index contributed by atoms with van der Waals surface area (Å²) in [5.41, 5.74) is 6.77. The first-order valence-electron chi connectivity index (χ1n) is 12.7. The zero-order chi connectivity index (χ0) is 24.0. The molecule has 0 unspecified atom stereocenters. The van der Waals surface area contributed by atoms with Crippen LogP contribution in [0.15, 0.2) is 72.8 Å². The van der Waals surface area contributed by atoms with Crippen molar-refractivity contribution < 1.29 is 15.0 Å². The molecule has 1 aliphatic carbocycles. The van der Waals surface area contributed by atoms with Crippen LogP contribution < -0.4 is 4.90 Å². The van der Waals surface area contributed by atoms with Gasteiger partial charge in [-0.15, -0.1) is 0 Å². The number of likely N-dealkylation sites (tertiary alicyclic amines) is 1. The Morgan fingerprint density at radius 3 is 2.46 bits per heavy atom. The Hall–Kier alpha value is -3.31. The highest BCUT2D eigenvalue weighted by Crippen LogP contribution is 2.47. The molecule has 0 bridgehead atoms. The summed E-state index contributed by atoms with van der Waals surface area (Å²) in [6.45, 7) is 3.95. The van der Waals surface area contributed by atoms with Gasteiger partial charge in [-0.2, -0.15) is 0 Å². The summed E-state index contributed by atoms with van der Waals surface area (Å²) in [6, 6.07) is 25.8. The number of benzene rings is 3. The van der Waals surface area contributed by atoms with Gasteiger partial charge >= 0.3 is 5.97 Å². The molecule has 3 aliphatic rings. The van der Waals surface area contributed by atoms with E-state index < -0.39 is 5.97 Å². The quantitative estimate of drug-likeness (QED) is 0.560. The molecule has 3 aromatic rings. The van der Waals surface area contributed by atoms with E-state index in [2.05, 4.69) is 65.6 Å². The number of aliphatic carboxylic acids is 1. The molecule has 35 heavy (non-hydrogen) atoms. The van der Waals surface area contributed by atoms with E-state index in [1.54, 1.807) is 0 Å². The molecule has 3 aromatic carbocycles. The highest BCUT2D eigenvalue weighted by atomic mass is 16.4. The van der Waals surface area contributed by atoms with Crippen LogP contribution in [0.5, 0.6) is 5.75 Å². The lowest BCUT2D eigenvalue weighted by atomic mass is 9.69. The summed E-state index contributed by atoms with van der Waals surface area (Å²) >= 11 is 0. The zero-order valence-electron chi connectivity index (χ0n) is 19.9. The van der Waals surface area contributed by atoms with Gasteiger partial charge in [0.1, 0.15) is 5.75 Å². The number of aryl methyl sites for hydroxylation is 1. The van der Waals surface area contributed by atoms with Crippen LogP contribution in [0.4, 0.5) is 5.69 Å². The van der Waals surface area contributed by atoms with Crippen molar-refractivity contribution in [2.24, 2.45) is 5.41 Å². The fraction of sp³-hybridized carbons (Fsp3) is 0.367. The number of rotatable bonds is 5. The lowest BCUT2D eigenvalue weighted by Gasteiger charge is -2.47. The van der Waals surface area contributed by atoms with Gasteiger partial charge in [0.2, 0.25) is 0 Å². The van der Waals surface area contributed by atoms with Crippen molar-refractivity contribution >= 4 is 11.7 Å². The van der Waals surface area contributed by atoms with Gasteiger partial charge in [0.15, 0.2) is 0 Å². The van der Waals surface area contributed by atoms with E-state index >= 15 is 0 Å². The average molecular weight is 469 g/mol. The molecular weight excluding hydrogens is 436 g/mol. The minimum absolute atomic E-state index is 0.152. The SMILES string of the molecule is O=C(O)CN1CC2(CCN(c3ccc([C@@H]4c5ccc(O)cc5CC[C@@H]4c4ccccc4)cc3)C2)C1. The molecule has 0 amide bonds. The summed E-state index contributed by atoms with van der Waals surface area (Å²) in [6.07, 6.45) is 3.17. The topological polar surface area (TPSA) is 64.0 Å². The molecule has 2 aliphatic heterocycles. The maximum atomic E-state index is 11.0. The third kappa shape index (κ3) is 4.19. The zero-order valence-corrected chi connectivity index (χ0v) is 19.9. The van der Waals surface area contributed by atoms with Crippen molar-refractivity contribution in [2.75, 3.05) is 37.6 Å². The number of phenolic OH excluding ortho intramolecular Hbond substituents is 1. The lowest BCUT2D eigenvalue weighted by Crippen LogP contribution is -2.58. The Labute approximate surface area is 206 Å². The molecule has 0 radical (unpaired) electrons. The van der Waals surface area contributed by atoms with Gasteiger partial charge in [-0.05, 0) is 71.7 Å². The third-order valence-corrected chi connectivity index (χ3v) is 8.35. The molecule has 5 nitrogen and oxygen atoms in total. The molecule has 6 rings (SSSR count). The number of carboxylic acid groups (broad SMARTS) is 1. The molecule has 2 heterocycles. The molecule has 0 saturated carbocycles. The smallest absolute Gasteiger partial charge is 0.317 e. The van der Waals surface area contributed by atoms with E-state index in [-0.39, 0.29) is 17.9 Å². The van der Waals surface area contributed by atoms with Crippen LogP contribution in [0.3, 0.4) is 0 Å². The number of aromatic hydroxyl groups is 1. The Balaban J connectivity index is 1.24. The first kappa shape index (κ1) is 22.2. The van der Waals surface area contributed by atoms with Gasteiger partial charge in [-0.3, -0.25) is 9.69 Å². The van der Waals surface area contributed by atoms with Crippen molar-refractivity contribution in [3.05, 3.63) is 95.1 Å². The van der Waals surface area contributed by atoms with E-state index in [0.29, 0.717) is 11.7 Å². The summed E-state index contributed by atoms with van der Waals surface area (Å²) in [5, 5.41) is 19.1. The van der Waals surface area contributed by atoms with Crippen molar-refractivity contribution in [3.8, 4) is 5.75 Å². The van der Waals surface area contributed by atoms with Gasteiger partial charge < -0.3 is 15.1 Å². The van der Waals surface area contributed by atoms with Crippen LogP contribution in [0, 0.1) is 5.41 Å². The van der Waals surface area contributed by atoms with E-state index in [9.17, 15) is 9.90 Å². The maximum Gasteiger partial charge on any atom is 0.317 e. The number of anilines is 1. The van der Waals surface area contributed by atoms with Crippen LogP contribution in [0.2, 0.25) is 0 Å². The van der Waals surface area contributed by atoms with Gasteiger partial charge in [-0.25, -0.2) is 0 Å². The molecule has 0 aromatic heterocycles. The number of carbonyl (C=O) groups is 1. The van der Waals surface area contributed by atoms with Crippen LogP contribution in [-0.4, -0.2) is 53.8 Å². The molecular formula is C30H32N2O3. The van der Waals surface area contributed by atoms with Gasteiger partial charge in [0, 0.05) is 43.2 Å². The van der Waals surface area contributed by atoms with Gasteiger partial charge in [-0.1, -0.05) is 48.5 Å². The number of carboxylic acids is 1. The van der Waals surface area contributed by atoms with E-state index in [0.717, 1.165) is 45.4 Å². The van der Waals surface area contributed by atoms with Crippen LogP contribution in [0.1, 0.15) is 46.9 Å². The molecule has 2 saturated heterocycles. The predicted octanol–water partition coefficient (Wildman–Crippen LogP) is 4.85. The number of hydrogen-bond donors (Lipinski definition) is 2. The largest absolute Gasteiger partial charge is 0.508 e. The van der Waals surface area contributed by atoms with E-state index in [4.69, 9.17) is 5.11 Å². The summed E-state index contributed by atoms with van der Waals surface area (Å²) in [7, 11) is 0. The Morgan fingerprint density at radius 1 is 0.943 bits per heavy atom. The minimum Gasteiger partial charge on any atom is -0.508 e. The standard InChI is InChI=1S/C30H32N2O3/c33-25-11-13-27-23(16-25)8-12-26(21-4-2-1-3-5-21)29(27)22-6-9-24(10-7-22)32-15-14-30(20-32)18-31(19-30)17-28(34)35/h1-7,9-11,13,16,26,29,33H,8,12,14-15,17-20H2,(H,34,35)/t26-,29+/m1/s1. The van der Waals surface area contributed by atoms with Crippen LogP contribution >= 0.6 is 0 Å². The highest BCUT2D eigenvalue weighted by Gasteiger charge is 2.47. The Bertz CT molecular complexity index is 1220. The summed E-state index contributed by atoms with van der Waals surface area (Å²) < 4.78 is 0. The first-order chi connectivity index (χ1) is 17.0. The lowest BCUT2D eigenvalue weighted by molar-refractivity contribution is -0.141. The minimum atomic E-state index is -0.737. The molecule has 2 fully saturated rings. The summed E-state index contributed by atoms with van der Waals surface area (Å²) in [4.78, 5) is 15.5. The second-order valence-electron chi connectivity index (χ2n) is 10.7. The van der Waals surface area contributed by atoms with Crippen LogP contribution in [-0.2, 0) is 11.2 Å². The average Bonchev–Trinajstić information content (AvgIpc) is 3.29. The molecule has 2 N–H and O–H groups in total. The first-order valence-corrected chi connectivity index (χ1v) is 12.7. The maximum absolute atomic E-state index is 11.0. The van der Waals surface area contributed by atoms with E-state index in [1.165, 1.54) is 27.9 Å². The van der Waals surface area contributed by atoms with E-state index in [1.807, 2.05) is 17.0 Å². The number of hydrogen-bond acceptors (Lipinski definition) is 4. The van der Waals surface area contributed by atoms with Crippen LogP contribution in [0.25, 0.3) is 0 Å². The van der Waals surface area contributed by atoms with Crippen molar-refractivity contribution in [1.82, 2.24) is 4.90 Å². The van der Waals surface area contributed by atoms with Crippen molar-refractivity contribution in [1.29, 1.82) is 0 Å². The molecule has 5 heteroatoms. The molecule has 180 valence electrons. The fourth-order valence-electron chi connectivity index (χ4n) is 6.79. The molecule has 1 spiro atoms. The predicted molar refractivity (Wildman–Crippen MR) is 137 cm³/mol. The second kappa shape index (κ2) is 8.72. The monoisotopic (exact) mass is 468 g/mol. The van der Waals surface area contributed by atoms with Crippen molar-refractivity contribution in [2.45, 2.75) is 31.1 Å². The number of fused-ring (bicyclic) bond motifs is 1. The summed E-state index contributed by atoms with van der Waals surface area (Å²) in [5.74, 6) is 0.275. The second-order valence-corrected chi connectivity index (χ2v) is 10.7. The van der Waals surface area contributed by atoms with Gasteiger partial charge in [0.05, 0.1) is 6.54 Å². The Kier molecular flexibility index (Phi) is 5.53. The van der Waals surface area contributed by atoms with Gasteiger partial charge in [0.25, 0.3) is 0 Å². The normalized spacial score (nSPS) is 23.1. The highest BCUT2D eigenvalue weighted by molar-refractivity contribution is 5.69. The Morgan fingerprint density at radius 2 is 1.71 bits per heavy atom. The number of nitrogens with zero attached hydrogens (tertiary/aromatic N) is 2. The fourth-order valence-corrected chi connectivity index (χ4v) is 6.79. The third-order valence-electron chi connectivity index (χ3n) is 8.35. The molecule has 2 atom stereocenters. The number of phenols is 1.